The molecule has 2 aromatic rings. The Kier molecular flexibility index (Phi) is 7.81. The van der Waals surface area contributed by atoms with Crippen LogP contribution in [0.3, 0.4) is 0 Å². The van der Waals surface area contributed by atoms with E-state index in [0.717, 1.165) is 24.3 Å². The number of carbonyl (C=O) groups excluding carboxylic acids is 1. The van der Waals surface area contributed by atoms with Crippen molar-refractivity contribution in [3.05, 3.63) is 48.0 Å². The summed E-state index contributed by atoms with van der Waals surface area (Å²) in [4.78, 5) is 13.7. The highest BCUT2D eigenvalue weighted by Gasteiger charge is 2.31. The van der Waals surface area contributed by atoms with Gasteiger partial charge in [0.25, 0.3) is 0 Å². The zero-order chi connectivity index (χ0) is 25.9. The molecule has 3 rings (SSSR count). The molecule has 2 aromatic carbocycles. The number of hydrogen-bond acceptors (Lipinski definition) is 5. The summed E-state index contributed by atoms with van der Waals surface area (Å²) in [7, 11) is -4.59. The highest BCUT2D eigenvalue weighted by molar-refractivity contribution is 7.89. The van der Waals surface area contributed by atoms with Gasteiger partial charge in [-0.15, -0.1) is 0 Å². The summed E-state index contributed by atoms with van der Waals surface area (Å²) in [5, 5.41) is 4.60. The Labute approximate surface area is 196 Å². The first-order chi connectivity index (χ1) is 16.2. The van der Waals surface area contributed by atoms with Gasteiger partial charge < -0.3 is 20.3 Å². The summed E-state index contributed by atoms with van der Waals surface area (Å²) in [6.07, 6.45) is -9.42. The first-order valence-electron chi connectivity index (χ1n) is 10.0. The number of ether oxygens (including phenoxy) is 1. The Bertz CT molecular complexity index is 1160. The van der Waals surface area contributed by atoms with Crippen molar-refractivity contribution in [1.82, 2.24) is 4.72 Å². The smallest absolute Gasteiger partial charge is 0.378 e. The molecule has 1 heterocycles. The number of anilines is 3. The Morgan fingerprint density at radius 2 is 1.66 bits per heavy atom. The monoisotopic (exact) mass is 526 g/mol. The maximum atomic E-state index is 12.9. The van der Waals surface area contributed by atoms with E-state index in [1.807, 2.05) is 0 Å². The second-order valence-electron chi connectivity index (χ2n) is 7.38. The molecule has 0 bridgehead atoms. The molecule has 3 N–H and O–H groups in total. The molecular formula is C20H20F6N4O4S. The number of amides is 2. The third-order valence-electron chi connectivity index (χ3n) is 4.79. The van der Waals surface area contributed by atoms with Crippen LogP contribution in [-0.4, -0.2) is 53.5 Å². The van der Waals surface area contributed by atoms with E-state index in [4.69, 9.17) is 4.74 Å². The average Bonchev–Trinajstić information content (AvgIpc) is 2.77. The molecule has 0 radical (unpaired) electrons. The lowest BCUT2D eigenvalue weighted by atomic mass is 10.2. The largest absolute Gasteiger partial charge is 0.416 e. The Morgan fingerprint density at radius 1 is 0.971 bits per heavy atom. The van der Waals surface area contributed by atoms with Gasteiger partial charge in [-0.05, 0) is 36.4 Å². The fraction of sp³-hybridized carbons (Fsp3) is 0.350. The fourth-order valence-electron chi connectivity index (χ4n) is 3.18. The minimum absolute atomic E-state index is 0.0775. The summed E-state index contributed by atoms with van der Waals surface area (Å²) >= 11 is 0. The Morgan fingerprint density at radius 3 is 2.29 bits per heavy atom. The van der Waals surface area contributed by atoms with Crippen molar-refractivity contribution >= 4 is 33.1 Å². The topological polar surface area (TPSA) is 99.8 Å². The fourth-order valence-corrected chi connectivity index (χ4v) is 4.22. The number of nitrogens with zero attached hydrogens (tertiary/aromatic N) is 1. The van der Waals surface area contributed by atoms with Gasteiger partial charge in [-0.25, -0.2) is 17.9 Å². The lowest BCUT2D eigenvalue weighted by molar-refractivity contribution is -0.137. The summed E-state index contributed by atoms with van der Waals surface area (Å²) in [6, 6.07) is 6.22. The van der Waals surface area contributed by atoms with Crippen molar-refractivity contribution in [1.29, 1.82) is 0 Å². The zero-order valence-corrected chi connectivity index (χ0v) is 18.6. The van der Waals surface area contributed by atoms with Crippen molar-refractivity contribution in [2.24, 2.45) is 0 Å². The number of halogens is 6. The highest BCUT2D eigenvalue weighted by Crippen LogP contribution is 2.32. The molecule has 0 atom stereocenters. The first-order valence-corrected chi connectivity index (χ1v) is 11.5. The highest BCUT2D eigenvalue weighted by atomic mass is 32.2. The van der Waals surface area contributed by atoms with E-state index < -0.39 is 45.4 Å². The normalized spacial score (nSPS) is 15.1. The molecule has 15 heteroatoms. The second-order valence-corrected chi connectivity index (χ2v) is 9.14. The number of alkyl halides is 6. The van der Waals surface area contributed by atoms with Gasteiger partial charge in [0.05, 0.1) is 35.0 Å². The average molecular weight is 526 g/mol. The van der Waals surface area contributed by atoms with Gasteiger partial charge in [-0.2, -0.15) is 26.3 Å². The van der Waals surface area contributed by atoms with Crippen LogP contribution in [0.2, 0.25) is 0 Å². The predicted octanol–water partition coefficient (Wildman–Crippen LogP) is 4.03. The molecule has 192 valence electrons. The molecule has 8 nitrogen and oxygen atoms in total. The van der Waals surface area contributed by atoms with E-state index in [1.165, 1.54) is 16.9 Å². The van der Waals surface area contributed by atoms with Crippen molar-refractivity contribution in [3.63, 3.8) is 0 Å². The third kappa shape index (κ3) is 7.47. The van der Waals surface area contributed by atoms with Gasteiger partial charge in [-0.3, -0.25) is 0 Å². The standard InChI is InChI=1S/C20H20F6N4O4S/c21-19(22,23)12-27-35(32,33)15-4-5-17(30-6-8-34-9-7-30)16(11-15)29-18(31)28-14-3-1-2-13(10-14)20(24,25)26/h1-5,10-11,27H,6-9,12H2,(H2,28,29,31). The Balaban J connectivity index is 1.87. The third-order valence-corrected chi connectivity index (χ3v) is 6.19. The van der Waals surface area contributed by atoms with E-state index in [-0.39, 0.29) is 11.4 Å². The second kappa shape index (κ2) is 10.3. The van der Waals surface area contributed by atoms with E-state index in [9.17, 15) is 39.6 Å². The molecule has 0 saturated carbocycles. The van der Waals surface area contributed by atoms with E-state index in [2.05, 4.69) is 10.6 Å². The number of hydrogen-bond donors (Lipinski definition) is 3. The van der Waals surface area contributed by atoms with E-state index >= 15 is 0 Å². The number of rotatable bonds is 6. The number of benzene rings is 2. The van der Waals surface area contributed by atoms with Crippen LogP contribution in [-0.2, 0) is 20.9 Å². The maximum absolute atomic E-state index is 12.9. The SMILES string of the molecule is O=C(Nc1cccc(C(F)(F)F)c1)Nc1cc(S(=O)(=O)NCC(F)(F)F)ccc1N1CCOCC1. The summed E-state index contributed by atoms with van der Waals surface area (Å²) in [5.74, 6) is 0. The van der Waals surface area contributed by atoms with Gasteiger partial charge in [0.2, 0.25) is 10.0 Å². The maximum Gasteiger partial charge on any atom is 0.416 e. The van der Waals surface area contributed by atoms with Crippen LogP contribution in [0.1, 0.15) is 5.56 Å². The number of sulfonamides is 1. The van der Waals surface area contributed by atoms with Crippen LogP contribution in [0.5, 0.6) is 0 Å². The predicted molar refractivity (Wildman–Crippen MR) is 115 cm³/mol. The zero-order valence-electron chi connectivity index (χ0n) is 17.8. The molecule has 1 aliphatic heterocycles. The van der Waals surface area contributed by atoms with Gasteiger partial charge in [0, 0.05) is 18.8 Å². The van der Waals surface area contributed by atoms with Crippen LogP contribution in [0.15, 0.2) is 47.4 Å². The van der Waals surface area contributed by atoms with Crippen molar-refractivity contribution < 1.29 is 44.3 Å². The molecule has 0 unspecified atom stereocenters. The first kappa shape index (κ1) is 26.6. The van der Waals surface area contributed by atoms with Gasteiger partial charge in [0.15, 0.2) is 0 Å². The van der Waals surface area contributed by atoms with E-state index in [0.29, 0.717) is 38.1 Å². The number of nitrogens with one attached hydrogen (secondary N) is 3. The molecule has 1 aliphatic rings. The van der Waals surface area contributed by atoms with Gasteiger partial charge in [-0.1, -0.05) is 6.07 Å². The van der Waals surface area contributed by atoms with Crippen molar-refractivity contribution in [2.45, 2.75) is 17.2 Å². The van der Waals surface area contributed by atoms with Crippen molar-refractivity contribution in [3.8, 4) is 0 Å². The summed E-state index contributed by atoms with van der Waals surface area (Å²) in [5.41, 5.74) is -0.900. The van der Waals surface area contributed by atoms with Crippen molar-refractivity contribution in [2.75, 3.05) is 48.4 Å². The number of urea groups is 1. The minimum Gasteiger partial charge on any atom is -0.378 e. The molecule has 1 fully saturated rings. The molecule has 1 saturated heterocycles. The van der Waals surface area contributed by atoms with Crippen LogP contribution >= 0.6 is 0 Å². The molecule has 0 aliphatic carbocycles. The molecule has 35 heavy (non-hydrogen) atoms. The van der Waals surface area contributed by atoms with Crippen LogP contribution in [0.25, 0.3) is 0 Å². The van der Waals surface area contributed by atoms with Crippen LogP contribution < -0.4 is 20.3 Å². The molecule has 0 spiro atoms. The Hall–Kier alpha value is -3.04. The molecule has 0 aromatic heterocycles. The molecular weight excluding hydrogens is 506 g/mol. The van der Waals surface area contributed by atoms with Gasteiger partial charge >= 0.3 is 18.4 Å². The van der Waals surface area contributed by atoms with Crippen LogP contribution in [0.4, 0.5) is 48.2 Å². The lowest BCUT2D eigenvalue weighted by Crippen LogP contribution is -2.37. The van der Waals surface area contributed by atoms with E-state index in [1.54, 1.807) is 4.90 Å². The quantitative estimate of drug-likeness (QED) is 0.494. The lowest BCUT2D eigenvalue weighted by Gasteiger charge is -2.30. The number of morpholine rings is 1. The number of carbonyl (C=O) groups is 1. The van der Waals surface area contributed by atoms with Crippen LogP contribution in [0, 0.1) is 0 Å². The summed E-state index contributed by atoms with van der Waals surface area (Å²) in [6.45, 7) is -0.365. The molecule has 2 amide bonds. The summed E-state index contributed by atoms with van der Waals surface area (Å²) < 4.78 is 108. The van der Waals surface area contributed by atoms with Gasteiger partial charge in [0.1, 0.15) is 6.54 Å². The minimum atomic E-state index is -4.78.